The fraction of sp³-hybridized carbons (Fsp3) is 0.286. The minimum absolute atomic E-state index is 0.0269. The number of anilines is 2. The zero-order valence-electron chi connectivity index (χ0n) is 15.7. The van der Waals surface area contributed by atoms with Crippen LogP contribution in [0, 0.1) is 5.41 Å². The van der Waals surface area contributed by atoms with Gasteiger partial charge in [-0.15, -0.1) is 0 Å². The standard InChI is InChI=1S/C21H24N2O4/c1-21(2,3)20(27)23-17-10-5-4-9-16(17)19(26)22-15-8-6-7-14(13-15)11-12-18(24)25/h4-10,13H,11-12H2,1-3H3,(H,22,26)(H,23,27)(H,24,25). The summed E-state index contributed by atoms with van der Waals surface area (Å²) in [6, 6.07) is 13.9. The van der Waals surface area contributed by atoms with E-state index < -0.39 is 11.4 Å². The van der Waals surface area contributed by atoms with Gasteiger partial charge in [-0.3, -0.25) is 14.4 Å². The van der Waals surface area contributed by atoms with E-state index in [-0.39, 0.29) is 18.2 Å². The van der Waals surface area contributed by atoms with Crippen LogP contribution in [-0.4, -0.2) is 22.9 Å². The molecule has 0 atom stereocenters. The van der Waals surface area contributed by atoms with Gasteiger partial charge >= 0.3 is 5.97 Å². The summed E-state index contributed by atoms with van der Waals surface area (Å²) in [7, 11) is 0. The molecule has 0 radical (unpaired) electrons. The van der Waals surface area contributed by atoms with Gasteiger partial charge in [-0.25, -0.2) is 0 Å². The molecule has 0 saturated heterocycles. The van der Waals surface area contributed by atoms with Crippen molar-refractivity contribution in [3.63, 3.8) is 0 Å². The lowest BCUT2D eigenvalue weighted by molar-refractivity contribution is -0.137. The van der Waals surface area contributed by atoms with Crippen LogP contribution in [-0.2, 0) is 16.0 Å². The molecule has 0 fully saturated rings. The highest BCUT2D eigenvalue weighted by Gasteiger charge is 2.23. The van der Waals surface area contributed by atoms with Crippen LogP contribution < -0.4 is 10.6 Å². The van der Waals surface area contributed by atoms with E-state index in [9.17, 15) is 14.4 Å². The average molecular weight is 368 g/mol. The normalized spacial score (nSPS) is 10.9. The molecule has 142 valence electrons. The molecule has 0 aliphatic rings. The van der Waals surface area contributed by atoms with Crippen LogP contribution in [0.1, 0.15) is 43.1 Å². The van der Waals surface area contributed by atoms with Gasteiger partial charge in [0.15, 0.2) is 0 Å². The Bertz CT molecular complexity index is 853. The molecule has 0 saturated carbocycles. The molecule has 3 N–H and O–H groups in total. The first-order valence-corrected chi connectivity index (χ1v) is 8.69. The van der Waals surface area contributed by atoms with Gasteiger partial charge in [0, 0.05) is 17.5 Å². The molecule has 27 heavy (non-hydrogen) atoms. The molecule has 0 bridgehead atoms. The molecule has 2 aromatic rings. The Morgan fingerprint density at radius 2 is 1.67 bits per heavy atom. The lowest BCUT2D eigenvalue weighted by atomic mass is 9.95. The predicted octanol–water partition coefficient (Wildman–Crippen LogP) is 3.94. The van der Waals surface area contributed by atoms with Crippen LogP contribution in [0.4, 0.5) is 11.4 Å². The quantitative estimate of drug-likeness (QED) is 0.719. The number of aliphatic carboxylic acids is 1. The fourth-order valence-electron chi connectivity index (χ4n) is 2.35. The molecule has 0 aliphatic heterocycles. The third-order valence-electron chi connectivity index (χ3n) is 3.91. The van der Waals surface area contributed by atoms with Crippen LogP contribution in [0.2, 0.25) is 0 Å². The van der Waals surface area contributed by atoms with E-state index in [0.717, 1.165) is 5.56 Å². The first kappa shape index (κ1) is 20.2. The predicted molar refractivity (Wildman–Crippen MR) is 105 cm³/mol. The number of hydrogen-bond donors (Lipinski definition) is 3. The summed E-state index contributed by atoms with van der Waals surface area (Å²) < 4.78 is 0. The molecular weight excluding hydrogens is 344 g/mol. The molecular formula is C21H24N2O4. The number of carbonyl (C=O) groups excluding carboxylic acids is 2. The molecule has 2 rings (SSSR count). The second-order valence-corrected chi connectivity index (χ2v) is 7.30. The molecule has 2 aromatic carbocycles. The molecule has 0 heterocycles. The molecule has 6 nitrogen and oxygen atoms in total. The van der Waals surface area contributed by atoms with E-state index in [0.29, 0.717) is 23.4 Å². The van der Waals surface area contributed by atoms with Gasteiger partial charge in [0.05, 0.1) is 11.3 Å². The average Bonchev–Trinajstić information content (AvgIpc) is 2.60. The van der Waals surface area contributed by atoms with Crippen molar-refractivity contribution in [3.05, 3.63) is 59.7 Å². The van der Waals surface area contributed by atoms with Crippen LogP contribution in [0.15, 0.2) is 48.5 Å². The molecule has 0 spiro atoms. The maximum Gasteiger partial charge on any atom is 0.303 e. The van der Waals surface area contributed by atoms with E-state index in [1.807, 2.05) is 6.07 Å². The van der Waals surface area contributed by atoms with Crippen molar-refractivity contribution in [2.75, 3.05) is 10.6 Å². The number of para-hydroxylation sites is 1. The topological polar surface area (TPSA) is 95.5 Å². The lowest BCUT2D eigenvalue weighted by Crippen LogP contribution is -2.28. The Morgan fingerprint density at radius 3 is 2.33 bits per heavy atom. The van der Waals surface area contributed by atoms with E-state index in [4.69, 9.17) is 5.11 Å². The zero-order valence-corrected chi connectivity index (χ0v) is 15.7. The van der Waals surface area contributed by atoms with Gasteiger partial charge in [-0.05, 0) is 36.2 Å². The number of carboxylic acid groups (broad SMARTS) is 1. The van der Waals surface area contributed by atoms with Crippen LogP contribution in [0.5, 0.6) is 0 Å². The van der Waals surface area contributed by atoms with Crippen LogP contribution in [0.25, 0.3) is 0 Å². The third-order valence-corrected chi connectivity index (χ3v) is 3.91. The lowest BCUT2D eigenvalue weighted by Gasteiger charge is -2.19. The SMILES string of the molecule is CC(C)(C)C(=O)Nc1ccccc1C(=O)Nc1cccc(CCC(=O)O)c1. The second kappa shape index (κ2) is 8.49. The Labute approximate surface area is 158 Å². The smallest absolute Gasteiger partial charge is 0.303 e. The summed E-state index contributed by atoms with van der Waals surface area (Å²) in [5.41, 5.74) is 1.61. The van der Waals surface area contributed by atoms with Crippen LogP contribution >= 0.6 is 0 Å². The van der Waals surface area contributed by atoms with Crippen molar-refractivity contribution in [3.8, 4) is 0 Å². The zero-order chi connectivity index (χ0) is 20.0. The monoisotopic (exact) mass is 368 g/mol. The maximum atomic E-state index is 12.7. The minimum atomic E-state index is -0.868. The maximum absolute atomic E-state index is 12.7. The van der Waals surface area contributed by atoms with Gasteiger partial charge in [0.1, 0.15) is 0 Å². The Balaban J connectivity index is 2.16. The summed E-state index contributed by atoms with van der Waals surface area (Å²) in [6.07, 6.45) is 0.413. The van der Waals surface area contributed by atoms with Gasteiger partial charge in [0.2, 0.25) is 5.91 Å². The van der Waals surface area contributed by atoms with Crippen molar-refractivity contribution in [1.29, 1.82) is 0 Å². The fourth-order valence-corrected chi connectivity index (χ4v) is 2.35. The third kappa shape index (κ3) is 5.95. The number of hydrogen-bond acceptors (Lipinski definition) is 3. The first-order chi connectivity index (χ1) is 12.7. The molecule has 2 amide bonds. The second-order valence-electron chi connectivity index (χ2n) is 7.30. The largest absolute Gasteiger partial charge is 0.481 e. The van der Waals surface area contributed by atoms with Crippen LogP contribution in [0.3, 0.4) is 0 Å². The molecule has 0 aliphatic carbocycles. The summed E-state index contributed by atoms with van der Waals surface area (Å²) in [5.74, 6) is -1.40. The van der Waals surface area contributed by atoms with Crippen molar-refractivity contribution in [2.45, 2.75) is 33.6 Å². The van der Waals surface area contributed by atoms with Crippen molar-refractivity contribution >= 4 is 29.2 Å². The van der Waals surface area contributed by atoms with Gasteiger partial charge < -0.3 is 15.7 Å². The van der Waals surface area contributed by atoms with Gasteiger partial charge in [-0.1, -0.05) is 45.0 Å². The number of aryl methyl sites for hydroxylation is 1. The van der Waals surface area contributed by atoms with Crippen molar-refractivity contribution in [1.82, 2.24) is 0 Å². The number of nitrogens with one attached hydrogen (secondary N) is 2. The summed E-state index contributed by atoms with van der Waals surface area (Å²) >= 11 is 0. The molecule has 0 aromatic heterocycles. The van der Waals surface area contributed by atoms with Crippen molar-refractivity contribution < 1.29 is 19.5 Å². The highest BCUT2D eigenvalue weighted by Crippen LogP contribution is 2.22. The summed E-state index contributed by atoms with van der Waals surface area (Å²) in [6.45, 7) is 5.40. The number of carbonyl (C=O) groups is 3. The number of amides is 2. The van der Waals surface area contributed by atoms with Gasteiger partial charge in [0.25, 0.3) is 5.91 Å². The number of rotatable bonds is 6. The highest BCUT2D eigenvalue weighted by molar-refractivity contribution is 6.10. The summed E-state index contributed by atoms with van der Waals surface area (Å²) in [5, 5.41) is 14.4. The van der Waals surface area contributed by atoms with E-state index in [2.05, 4.69) is 10.6 Å². The Hall–Kier alpha value is -3.15. The molecule has 0 unspecified atom stereocenters. The Morgan fingerprint density at radius 1 is 0.963 bits per heavy atom. The van der Waals surface area contributed by atoms with E-state index >= 15 is 0 Å². The first-order valence-electron chi connectivity index (χ1n) is 8.69. The number of carboxylic acids is 1. The number of benzene rings is 2. The highest BCUT2D eigenvalue weighted by atomic mass is 16.4. The summed E-state index contributed by atoms with van der Waals surface area (Å²) in [4.78, 5) is 35.6. The van der Waals surface area contributed by atoms with E-state index in [1.165, 1.54) is 0 Å². The Kier molecular flexibility index (Phi) is 6.34. The van der Waals surface area contributed by atoms with Crippen molar-refractivity contribution in [2.24, 2.45) is 5.41 Å². The minimum Gasteiger partial charge on any atom is -0.481 e. The van der Waals surface area contributed by atoms with E-state index in [1.54, 1.807) is 63.2 Å². The van der Waals surface area contributed by atoms with Gasteiger partial charge in [-0.2, -0.15) is 0 Å². The molecule has 6 heteroatoms.